The van der Waals surface area contributed by atoms with Gasteiger partial charge in [0.1, 0.15) is 5.52 Å². The molecule has 0 spiro atoms. The highest BCUT2D eigenvalue weighted by atomic mass is 15.3. The molecule has 4 nitrogen and oxygen atoms in total. The number of aryl methyl sites for hydroxylation is 1. The first kappa shape index (κ1) is 13.0. The molecule has 0 N–H and O–H groups in total. The molecule has 2 aromatic heterocycles. The second kappa shape index (κ2) is 4.54. The van der Waals surface area contributed by atoms with Crippen LogP contribution in [0.4, 0.5) is 0 Å². The number of hydrogen-bond donors (Lipinski definition) is 0. The zero-order valence-corrected chi connectivity index (χ0v) is 12.7. The highest BCUT2D eigenvalue weighted by molar-refractivity contribution is 6.01. The highest BCUT2D eigenvalue weighted by Gasteiger charge is 2.17. The van der Waals surface area contributed by atoms with Gasteiger partial charge in [-0.15, -0.1) is 0 Å². The third kappa shape index (κ3) is 1.87. The van der Waals surface area contributed by atoms with Gasteiger partial charge in [0.15, 0.2) is 0 Å². The minimum Gasteiger partial charge on any atom is -0.266 e. The third-order valence-corrected chi connectivity index (χ3v) is 3.68. The first-order chi connectivity index (χ1) is 9.49. The number of fused-ring (bicyclic) bond motifs is 3. The molecule has 0 aliphatic carbocycles. The number of rotatable bonds is 2. The molecule has 2 heterocycles. The van der Waals surface area contributed by atoms with Crippen LogP contribution < -0.4 is 0 Å². The van der Waals surface area contributed by atoms with E-state index in [1.807, 2.05) is 24.0 Å². The Morgan fingerprint density at radius 2 is 1.60 bits per heavy atom. The Morgan fingerprint density at radius 1 is 0.950 bits per heavy atom. The average molecular weight is 268 g/mol. The summed E-state index contributed by atoms with van der Waals surface area (Å²) in [7, 11) is 1.95. The summed E-state index contributed by atoms with van der Waals surface area (Å²) in [6.07, 6.45) is 1.88. The summed E-state index contributed by atoms with van der Waals surface area (Å²) < 4.78 is 1.88. The molecular formula is C16H20N4. The minimum atomic E-state index is 0.368. The Labute approximate surface area is 118 Å². The van der Waals surface area contributed by atoms with E-state index in [0.29, 0.717) is 11.8 Å². The van der Waals surface area contributed by atoms with Crippen molar-refractivity contribution in [2.24, 2.45) is 7.05 Å². The lowest BCUT2D eigenvalue weighted by molar-refractivity contribution is 0.736. The van der Waals surface area contributed by atoms with Crippen molar-refractivity contribution in [2.75, 3.05) is 0 Å². The van der Waals surface area contributed by atoms with Crippen LogP contribution in [0.15, 0.2) is 18.3 Å². The zero-order valence-electron chi connectivity index (χ0n) is 12.7. The molecule has 0 unspecified atom stereocenters. The van der Waals surface area contributed by atoms with Crippen LogP contribution in [-0.2, 0) is 7.05 Å². The smallest absolute Gasteiger partial charge is 0.115 e. The fraction of sp³-hybridized carbons (Fsp3) is 0.438. The summed E-state index contributed by atoms with van der Waals surface area (Å²) in [5.74, 6) is 0.749. The van der Waals surface area contributed by atoms with E-state index < -0.39 is 0 Å². The van der Waals surface area contributed by atoms with Crippen molar-refractivity contribution in [3.8, 4) is 0 Å². The first-order valence-corrected chi connectivity index (χ1v) is 7.11. The van der Waals surface area contributed by atoms with Gasteiger partial charge in [0.25, 0.3) is 0 Å². The Balaban J connectivity index is 2.44. The van der Waals surface area contributed by atoms with Crippen molar-refractivity contribution >= 4 is 21.9 Å². The molecule has 20 heavy (non-hydrogen) atoms. The van der Waals surface area contributed by atoms with Crippen LogP contribution in [0, 0.1) is 0 Å². The van der Waals surface area contributed by atoms with Gasteiger partial charge in [0.2, 0.25) is 0 Å². The van der Waals surface area contributed by atoms with Crippen LogP contribution in [0.5, 0.6) is 0 Å². The molecule has 0 bridgehead atoms. The molecule has 0 aliphatic heterocycles. The predicted octanol–water partition coefficient (Wildman–Crippen LogP) is 3.76. The monoisotopic (exact) mass is 268 g/mol. The molecule has 0 saturated carbocycles. The maximum atomic E-state index is 4.93. The van der Waals surface area contributed by atoms with Gasteiger partial charge >= 0.3 is 0 Å². The second-order valence-electron chi connectivity index (χ2n) is 5.94. The van der Waals surface area contributed by atoms with Crippen molar-refractivity contribution in [3.05, 3.63) is 29.7 Å². The zero-order chi connectivity index (χ0) is 14.4. The van der Waals surface area contributed by atoms with Crippen molar-refractivity contribution < 1.29 is 0 Å². The lowest BCUT2D eigenvalue weighted by Crippen LogP contribution is -2.06. The summed E-state index contributed by atoms with van der Waals surface area (Å²) in [5, 5.41) is 5.44. The fourth-order valence-electron chi connectivity index (χ4n) is 2.65. The molecule has 3 rings (SSSR count). The van der Waals surface area contributed by atoms with E-state index >= 15 is 0 Å². The Kier molecular flexibility index (Phi) is 2.96. The van der Waals surface area contributed by atoms with Crippen molar-refractivity contribution in [3.63, 3.8) is 0 Å². The summed E-state index contributed by atoms with van der Waals surface area (Å²) in [6, 6.07) is 4.11. The molecular weight excluding hydrogens is 248 g/mol. The molecule has 0 radical (unpaired) electrons. The molecule has 0 aliphatic rings. The SMILES string of the molecule is CC(C)c1nc2ccc3cnn(C)c3c2nc1C(C)C. The lowest BCUT2D eigenvalue weighted by atomic mass is 10.00. The molecule has 104 valence electrons. The number of hydrogen-bond acceptors (Lipinski definition) is 3. The van der Waals surface area contributed by atoms with Crippen molar-refractivity contribution in [2.45, 2.75) is 39.5 Å². The topological polar surface area (TPSA) is 43.6 Å². The Bertz CT molecular complexity index is 784. The molecule has 1 aromatic carbocycles. The normalized spacial score (nSPS) is 12.2. The lowest BCUT2D eigenvalue weighted by Gasteiger charge is -2.15. The van der Waals surface area contributed by atoms with E-state index in [0.717, 1.165) is 33.3 Å². The summed E-state index contributed by atoms with van der Waals surface area (Å²) >= 11 is 0. The van der Waals surface area contributed by atoms with Gasteiger partial charge in [-0.05, 0) is 24.0 Å². The third-order valence-electron chi connectivity index (χ3n) is 3.68. The van der Waals surface area contributed by atoms with E-state index in [4.69, 9.17) is 9.97 Å². The summed E-state index contributed by atoms with van der Waals surface area (Å²) in [5.41, 5.74) is 5.17. The van der Waals surface area contributed by atoms with Gasteiger partial charge in [0.05, 0.1) is 28.6 Å². The minimum absolute atomic E-state index is 0.368. The standard InChI is InChI=1S/C16H20N4/c1-9(2)13-14(10(3)4)19-15-12(18-13)7-6-11-8-17-20(5)16(11)15/h6-10H,1-5H3. The van der Waals surface area contributed by atoms with E-state index in [1.165, 1.54) is 0 Å². The molecule has 0 atom stereocenters. The Morgan fingerprint density at radius 3 is 2.25 bits per heavy atom. The van der Waals surface area contributed by atoms with Crippen LogP contribution in [0.3, 0.4) is 0 Å². The Hall–Kier alpha value is -1.97. The van der Waals surface area contributed by atoms with Gasteiger partial charge in [-0.3, -0.25) is 4.68 Å². The van der Waals surface area contributed by atoms with Gasteiger partial charge in [-0.25, -0.2) is 9.97 Å². The maximum Gasteiger partial charge on any atom is 0.115 e. The predicted molar refractivity (Wildman–Crippen MR) is 82.0 cm³/mol. The van der Waals surface area contributed by atoms with Crippen molar-refractivity contribution in [1.29, 1.82) is 0 Å². The van der Waals surface area contributed by atoms with E-state index in [2.05, 4.69) is 38.9 Å². The van der Waals surface area contributed by atoms with E-state index in [1.54, 1.807) is 0 Å². The van der Waals surface area contributed by atoms with Gasteiger partial charge in [-0.1, -0.05) is 27.7 Å². The van der Waals surface area contributed by atoms with E-state index in [9.17, 15) is 0 Å². The first-order valence-electron chi connectivity index (χ1n) is 7.11. The van der Waals surface area contributed by atoms with Crippen LogP contribution >= 0.6 is 0 Å². The number of aromatic nitrogens is 4. The molecule has 3 aromatic rings. The van der Waals surface area contributed by atoms with Crippen LogP contribution in [-0.4, -0.2) is 19.7 Å². The molecule has 0 fully saturated rings. The van der Waals surface area contributed by atoms with Gasteiger partial charge in [0, 0.05) is 12.4 Å². The van der Waals surface area contributed by atoms with Gasteiger partial charge < -0.3 is 0 Å². The fourth-order valence-corrected chi connectivity index (χ4v) is 2.65. The highest BCUT2D eigenvalue weighted by Crippen LogP contribution is 2.28. The molecule has 0 amide bonds. The average Bonchev–Trinajstić information content (AvgIpc) is 2.79. The largest absolute Gasteiger partial charge is 0.266 e. The van der Waals surface area contributed by atoms with Gasteiger partial charge in [-0.2, -0.15) is 5.10 Å². The number of nitrogens with zero attached hydrogens (tertiary/aromatic N) is 4. The summed E-state index contributed by atoms with van der Waals surface area (Å²) in [6.45, 7) is 8.69. The maximum absolute atomic E-state index is 4.93. The van der Waals surface area contributed by atoms with Crippen LogP contribution in [0.2, 0.25) is 0 Å². The van der Waals surface area contributed by atoms with Crippen LogP contribution in [0.1, 0.15) is 50.9 Å². The van der Waals surface area contributed by atoms with E-state index in [-0.39, 0.29) is 0 Å². The number of benzene rings is 1. The van der Waals surface area contributed by atoms with Crippen LogP contribution in [0.25, 0.3) is 21.9 Å². The molecule has 0 saturated heterocycles. The molecule has 4 heteroatoms. The van der Waals surface area contributed by atoms with Crippen molar-refractivity contribution in [1.82, 2.24) is 19.7 Å². The summed E-state index contributed by atoms with van der Waals surface area (Å²) in [4.78, 5) is 9.80. The quantitative estimate of drug-likeness (QED) is 0.710. The second-order valence-corrected chi connectivity index (χ2v) is 5.94.